The number of hydrogen-bond donors (Lipinski definition) is 2. The Balaban J connectivity index is 1.90. The Morgan fingerprint density at radius 3 is 2.38 bits per heavy atom. The third kappa shape index (κ3) is 3.74. The summed E-state index contributed by atoms with van der Waals surface area (Å²) in [6.45, 7) is 0.440. The van der Waals surface area contributed by atoms with E-state index in [9.17, 15) is 9.59 Å². The molecule has 114 valence electrons. The van der Waals surface area contributed by atoms with Crippen LogP contribution in [0.2, 0.25) is 0 Å². The van der Waals surface area contributed by atoms with Crippen molar-refractivity contribution in [1.29, 1.82) is 0 Å². The van der Waals surface area contributed by atoms with Gasteiger partial charge in [0.25, 0.3) is 0 Å². The number of carboxylic acids is 1. The van der Waals surface area contributed by atoms with Crippen LogP contribution in [0.5, 0.6) is 0 Å². The molecule has 1 fully saturated rings. The van der Waals surface area contributed by atoms with E-state index in [1.54, 1.807) is 0 Å². The van der Waals surface area contributed by atoms with Crippen LogP contribution in [0.4, 0.5) is 5.69 Å². The fourth-order valence-electron chi connectivity index (χ4n) is 2.80. The van der Waals surface area contributed by atoms with Gasteiger partial charge in [-0.25, -0.2) is 0 Å². The van der Waals surface area contributed by atoms with Crippen molar-refractivity contribution >= 4 is 17.6 Å². The zero-order valence-corrected chi connectivity index (χ0v) is 12.5. The summed E-state index contributed by atoms with van der Waals surface area (Å²) in [5.74, 6) is -1.91. The highest BCUT2D eigenvalue weighted by molar-refractivity contribution is 5.85. The predicted molar refractivity (Wildman–Crippen MR) is 81.1 cm³/mol. The van der Waals surface area contributed by atoms with Crippen molar-refractivity contribution in [2.75, 3.05) is 19.0 Å². The third-order valence-corrected chi connectivity index (χ3v) is 4.09. The molecule has 0 aromatic heterocycles. The number of amides is 1. The average Bonchev–Trinajstić information content (AvgIpc) is 2.95. The van der Waals surface area contributed by atoms with Crippen LogP contribution >= 0.6 is 0 Å². The topological polar surface area (TPSA) is 69.6 Å². The van der Waals surface area contributed by atoms with Gasteiger partial charge in [0.1, 0.15) is 0 Å². The Hall–Kier alpha value is -2.04. The quantitative estimate of drug-likeness (QED) is 0.868. The molecule has 1 amide bonds. The summed E-state index contributed by atoms with van der Waals surface area (Å²) in [4.78, 5) is 25.2. The van der Waals surface area contributed by atoms with Crippen molar-refractivity contribution in [3.8, 4) is 0 Å². The van der Waals surface area contributed by atoms with E-state index < -0.39 is 11.9 Å². The van der Waals surface area contributed by atoms with Gasteiger partial charge in [0.2, 0.25) is 5.91 Å². The van der Waals surface area contributed by atoms with Crippen molar-refractivity contribution < 1.29 is 14.7 Å². The largest absolute Gasteiger partial charge is 0.481 e. The summed E-state index contributed by atoms with van der Waals surface area (Å²) < 4.78 is 0. The molecule has 2 atom stereocenters. The van der Waals surface area contributed by atoms with Gasteiger partial charge >= 0.3 is 5.97 Å². The van der Waals surface area contributed by atoms with Crippen molar-refractivity contribution in [2.45, 2.75) is 25.8 Å². The molecule has 1 saturated carbocycles. The number of hydrogen-bond acceptors (Lipinski definition) is 3. The van der Waals surface area contributed by atoms with Crippen molar-refractivity contribution in [3.63, 3.8) is 0 Å². The monoisotopic (exact) mass is 290 g/mol. The fraction of sp³-hybridized carbons (Fsp3) is 0.500. The molecule has 0 spiro atoms. The van der Waals surface area contributed by atoms with E-state index >= 15 is 0 Å². The number of nitrogens with zero attached hydrogens (tertiary/aromatic N) is 1. The summed E-state index contributed by atoms with van der Waals surface area (Å²) >= 11 is 0. The molecule has 2 unspecified atom stereocenters. The van der Waals surface area contributed by atoms with Gasteiger partial charge in [-0.05, 0) is 30.5 Å². The second-order valence-corrected chi connectivity index (χ2v) is 5.76. The Morgan fingerprint density at radius 1 is 1.19 bits per heavy atom. The lowest BCUT2D eigenvalue weighted by Crippen LogP contribution is -2.34. The van der Waals surface area contributed by atoms with Gasteiger partial charge < -0.3 is 15.3 Å². The minimum absolute atomic E-state index is 0.142. The van der Waals surface area contributed by atoms with Crippen LogP contribution in [-0.2, 0) is 16.1 Å². The van der Waals surface area contributed by atoms with Crippen LogP contribution in [0.1, 0.15) is 24.8 Å². The van der Waals surface area contributed by atoms with Crippen LogP contribution in [0.25, 0.3) is 0 Å². The first-order valence-electron chi connectivity index (χ1n) is 7.26. The van der Waals surface area contributed by atoms with E-state index in [-0.39, 0.29) is 11.8 Å². The van der Waals surface area contributed by atoms with E-state index in [4.69, 9.17) is 5.11 Å². The molecule has 2 rings (SSSR count). The number of aliphatic carboxylic acids is 1. The summed E-state index contributed by atoms with van der Waals surface area (Å²) in [5.41, 5.74) is 2.12. The summed E-state index contributed by atoms with van der Waals surface area (Å²) in [5, 5.41) is 12.0. The minimum Gasteiger partial charge on any atom is -0.481 e. The molecule has 0 saturated heterocycles. The Morgan fingerprint density at radius 2 is 1.81 bits per heavy atom. The smallest absolute Gasteiger partial charge is 0.307 e. The lowest BCUT2D eigenvalue weighted by atomic mass is 9.95. The van der Waals surface area contributed by atoms with E-state index in [2.05, 4.69) is 5.32 Å². The lowest BCUT2D eigenvalue weighted by molar-refractivity contribution is -0.146. The Labute approximate surface area is 125 Å². The molecule has 0 radical (unpaired) electrons. The van der Waals surface area contributed by atoms with Crippen LogP contribution in [0.3, 0.4) is 0 Å². The number of anilines is 1. The van der Waals surface area contributed by atoms with Gasteiger partial charge in [0.05, 0.1) is 11.8 Å². The minimum atomic E-state index is -0.858. The van der Waals surface area contributed by atoms with Gasteiger partial charge in [0.15, 0.2) is 0 Å². The first-order valence-corrected chi connectivity index (χ1v) is 7.26. The second kappa shape index (κ2) is 6.61. The van der Waals surface area contributed by atoms with Gasteiger partial charge in [0, 0.05) is 26.3 Å². The highest BCUT2D eigenvalue weighted by Gasteiger charge is 2.37. The summed E-state index contributed by atoms with van der Waals surface area (Å²) in [6.07, 6.45) is 2.08. The molecular formula is C16H22N2O3. The van der Waals surface area contributed by atoms with E-state index in [0.29, 0.717) is 19.4 Å². The Kier molecular flexibility index (Phi) is 4.83. The molecule has 1 aliphatic carbocycles. The SMILES string of the molecule is CN(C)c1ccc(CNC(=O)C2CCCC2C(=O)O)cc1. The van der Waals surface area contributed by atoms with Crippen LogP contribution < -0.4 is 10.2 Å². The van der Waals surface area contributed by atoms with Gasteiger partial charge in [-0.2, -0.15) is 0 Å². The van der Waals surface area contributed by atoms with Crippen LogP contribution in [-0.4, -0.2) is 31.1 Å². The number of rotatable bonds is 5. The number of nitrogens with one attached hydrogen (secondary N) is 1. The molecular weight excluding hydrogens is 268 g/mol. The van der Waals surface area contributed by atoms with Gasteiger partial charge in [-0.3, -0.25) is 9.59 Å². The summed E-state index contributed by atoms with van der Waals surface area (Å²) in [6, 6.07) is 7.94. The normalized spacial score (nSPS) is 21.0. The number of carboxylic acid groups (broad SMARTS) is 1. The lowest BCUT2D eigenvalue weighted by Gasteiger charge is -2.16. The highest BCUT2D eigenvalue weighted by atomic mass is 16.4. The van der Waals surface area contributed by atoms with Crippen molar-refractivity contribution in [3.05, 3.63) is 29.8 Å². The zero-order chi connectivity index (χ0) is 15.4. The standard InChI is InChI=1S/C16H22N2O3/c1-18(2)12-8-6-11(7-9-12)10-17-15(19)13-4-3-5-14(13)16(20)21/h6-9,13-14H,3-5,10H2,1-2H3,(H,17,19)(H,20,21). The Bertz CT molecular complexity index is 511. The van der Waals surface area contributed by atoms with Crippen LogP contribution in [0, 0.1) is 11.8 Å². The summed E-state index contributed by atoms with van der Waals surface area (Å²) in [7, 11) is 3.95. The van der Waals surface area contributed by atoms with E-state index in [1.165, 1.54) is 0 Å². The molecule has 0 aliphatic heterocycles. The average molecular weight is 290 g/mol. The van der Waals surface area contributed by atoms with E-state index in [0.717, 1.165) is 17.7 Å². The molecule has 5 heteroatoms. The van der Waals surface area contributed by atoms with Gasteiger partial charge in [-0.1, -0.05) is 18.6 Å². The maximum absolute atomic E-state index is 12.1. The molecule has 1 aromatic carbocycles. The molecule has 5 nitrogen and oxygen atoms in total. The first kappa shape index (κ1) is 15.4. The number of carbonyl (C=O) groups excluding carboxylic acids is 1. The van der Waals surface area contributed by atoms with Crippen LogP contribution in [0.15, 0.2) is 24.3 Å². The van der Waals surface area contributed by atoms with Crippen molar-refractivity contribution in [1.82, 2.24) is 5.32 Å². The third-order valence-electron chi connectivity index (χ3n) is 4.09. The molecule has 2 N–H and O–H groups in total. The molecule has 0 heterocycles. The number of carbonyl (C=O) groups is 2. The van der Waals surface area contributed by atoms with E-state index in [1.807, 2.05) is 43.3 Å². The fourth-order valence-corrected chi connectivity index (χ4v) is 2.80. The van der Waals surface area contributed by atoms with Gasteiger partial charge in [-0.15, -0.1) is 0 Å². The predicted octanol–water partition coefficient (Wildman–Crippen LogP) is 1.87. The molecule has 21 heavy (non-hydrogen) atoms. The zero-order valence-electron chi connectivity index (χ0n) is 12.5. The number of benzene rings is 1. The molecule has 1 aliphatic rings. The highest BCUT2D eigenvalue weighted by Crippen LogP contribution is 2.32. The van der Waals surface area contributed by atoms with Crippen molar-refractivity contribution in [2.24, 2.45) is 11.8 Å². The molecule has 0 bridgehead atoms. The maximum Gasteiger partial charge on any atom is 0.307 e. The second-order valence-electron chi connectivity index (χ2n) is 5.76. The maximum atomic E-state index is 12.1. The first-order chi connectivity index (χ1) is 9.99. The molecule has 1 aromatic rings.